The number of thioether (sulfide) groups is 1. The summed E-state index contributed by atoms with van der Waals surface area (Å²) >= 11 is 20.3. The molecule has 3 amide bonds. The van der Waals surface area contributed by atoms with E-state index in [2.05, 4.69) is 5.32 Å². The molecule has 6 rings (SSSR count). The summed E-state index contributed by atoms with van der Waals surface area (Å²) < 4.78 is 1.36. The summed E-state index contributed by atoms with van der Waals surface area (Å²) in [7, 11) is 0. The summed E-state index contributed by atoms with van der Waals surface area (Å²) in [5, 5.41) is 3.61. The van der Waals surface area contributed by atoms with E-state index in [1.807, 2.05) is 31.2 Å². The van der Waals surface area contributed by atoms with Crippen LogP contribution in [0.15, 0.2) is 76.6 Å². The quantitative estimate of drug-likeness (QED) is 0.247. The molecule has 0 unspecified atom stereocenters. The maximum atomic E-state index is 13.9. The molecule has 3 heterocycles. The molecule has 0 bridgehead atoms. The van der Waals surface area contributed by atoms with Crippen LogP contribution in [0.2, 0.25) is 15.1 Å². The lowest BCUT2D eigenvalue weighted by Gasteiger charge is -2.30. The van der Waals surface area contributed by atoms with Gasteiger partial charge < -0.3 is 5.32 Å². The number of carbonyl (C=O) groups excluding carboxylic acids is 3. The van der Waals surface area contributed by atoms with Crippen LogP contribution in [0.25, 0.3) is 0 Å². The van der Waals surface area contributed by atoms with Crippen LogP contribution in [0, 0.1) is 12.8 Å². The monoisotopic (exact) mass is 643 g/mol. The molecule has 2 aliphatic rings. The maximum absolute atomic E-state index is 13.9. The molecule has 2 aliphatic heterocycles. The summed E-state index contributed by atoms with van der Waals surface area (Å²) in [6.45, 7) is 1.64. The van der Waals surface area contributed by atoms with E-state index in [0.717, 1.165) is 34.2 Å². The van der Waals surface area contributed by atoms with E-state index in [-0.39, 0.29) is 28.3 Å². The highest BCUT2D eigenvalue weighted by atomic mass is 35.5. The fourth-order valence-electron chi connectivity index (χ4n) is 5.15. The molecule has 0 saturated carbocycles. The number of rotatable bonds is 5. The highest BCUT2D eigenvalue weighted by Gasteiger charge is 2.56. The van der Waals surface area contributed by atoms with Gasteiger partial charge in [-0.05, 0) is 55.0 Å². The molecule has 0 aliphatic carbocycles. The van der Waals surface area contributed by atoms with Gasteiger partial charge in [0.15, 0.2) is 0 Å². The Morgan fingerprint density at radius 1 is 0.902 bits per heavy atom. The van der Waals surface area contributed by atoms with Gasteiger partial charge in [0.25, 0.3) is 0 Å². The molecule has 41 heavy (non-hydrogen) atoms. The van der Waals surface area contributed by atoms with Gasteiger partial charge in [0.1, 0.15) is 11.8 Å². The number of halogens is 3. The Kier molecular flexibility index (Phi) is 7.50. The number of amides is 3. The first-order valence-corrected chi connectivity index (χ1v) is 15.3. The first-order chi connectivity index (χ1) is 19.6. The Hall–Kier alpha value is -3.08. The molecule has 208 valence electrons. The van der Waals surface area contributed by atoms with Crippen molar-refractivity contribution in [2.45, 2.75) is 29.7 Å². The van der Waals surface area contributed by atoms with Crippen molar-refractivity contribution < 1.29 is 14.4 Å². The van der Waals surface area contributed by atoms with Gasteiger partial charge in [-0.2, -0.15) is 0 Å². The van der Waals surface area contributed by atoms with E-state index in [9.17, 15) is 19.2 Å². The van der Waals surface area contributed by atoms with Gasteiger partial charge in [-0.1, -0.05) is 87.7 Å². The van der Waals surface area contributed by atoms with E-state index in [1.165, 1.54) is 15.5 Å². The van der Waals surface area contributed by atoms with Crippen molar-refractivity contribution in [3.63, 3.8) is 0 Å². The third-order valence-corrected chi connectivity index (χ3v) is 10.7. The molecule has 3 aromatic carbocycles. The number of benzene rings is 3. The number of aromatic nitrogens is 1. The number of carbonyl (C=O) groups is 3. The van der Waals surface area contributed by atoms with Crippen LogP contribution >= 0.6 is 57.9 Å². The van der Waals surface area contributed by atoms with Gasteiger partial charge >= 0.3 is 4.87 Å². The Labute approximate surface area is 258 Å². The standard InChI is InChI=1S/C29H20Cl3N3O4S2/c1-14-2-9-18(10-3-14)35-26(37)23-22(15-4-6-16(30)7-5-15)25-28(40-24(23)27(35)38)34(29(39)41-25)13-21(36)33-17-8-11-19(31)20(32)12-17/h2-12,22-24H,13H2,1H3,(H,33,36)/t22-,23-,24+/m0/s1. The fraction of sp³-hybridized carbons (Fsp3) is 0.172. The molecule has 1 saturated heterocycles. The van der Waals surface area contributed by atoms with Crippen LogP contribution in [0.1, 0.15) is 21.9 Å². The third-order valence-electron chi connectivity index (χ3n) is 7.08. The van der Waals surface area contributed by atoms with Crippen molar-refractivity contribution in [3.8, 4) is 0 Å². The average Bonchev–Trinajstić information content (AvgIpc) is 3.38. The van der Waals surface area contributed by atoms with E-state index in [4.69, 9.17) is 34.8 Å². The van der Waals surface area contributed by atoms with Gasteiger partial charge in [0.05, 0.1) is 26.7 Å². The van der Waals surface area contributed by atoms with E-state index < -0.39 is 23.0 Å². The maximum Gasteiger partial charge on any atom is 0.308 e. The predicted molar refractivity (Wildman–Crippen MR) is 164 cm³/mol. The van der Waals surface area contributed by atoms with Crippen molar-refractivity contribution >= 4 is 87.0 Å². The molecule has 4 aromatic rings. The summed E-state index contributed by atoms with van der Waals surface area (Å²) in [5.41, 5.74) is 2.69. The second-order valence-corrected chi connectivity index (χ2v) is 13.1. The van der Waals surface area contributed by atoms with Crippen LogP contribution in [-0.2, 0) is 20.9 Å². The molecule has 12 heteroatoms. The molecular weight excluding hydrogens is 625 g/mol. The molecule has 7 nitrogen and oxygen atoms in total. The smallest absolute Gasteiger partial charge is 0.308 e. The first-order valence-electron chi connectivity index (χ1n) is 12.5. The summed E-state index contributed by atoms with van der Waals surface area (Å²) in [6.07, 6.45) is 0. The Bertz CT molecular complexity index is 1770. The number of hydrogen-bond acceptors (Lipinski definition) is 6. The van der Waals surface area contributed by atoms with E-state index in [0.29, 0.717) is 31.3 Å². The van der Waals surface area contributed by atoms with Gasteiger partial charge in [0, 0.05) is 21.5 Å². The van der Waals surface area contributed by atoms with E-state index in [1.54, 1.807) is 36.4 Å². The SMILES string of the molecule is Cc1ccc(N2C(=O)[C@H]3[C@H](c4ccc(Cl)cc4)c4sc(=O)n(CC(=O)Nc5ccc(Cl)c(Cl)c5)c4S[C@H]3C2=O)cc1. The number of nitrogens with one attached hydrogen (secondary N) is 1. The van der Waals surface area contributed by atoms with Crippen molar-refractivity contribution in [3.05, 3.63) is 107 Å². The molecule has 0 spiro atoms. The highest BCUT2D eigenvalue weighted by molar-refractivity contribution is 8.00. The van der Waals surface area contributed by atoms with Crippen LogP contribution in [0.4, 0.5) is 11.4 Å². The minimum Gasteiger partial charge on any atom is -0.324 e. The van der Waals surface area contributed by atoms with Crippen molar-refractivity contribution in [1.82, 2.24) is 4.57 Å². The fourth-order valence-corrected chi connectivity index (χ4v) is 8.35. The predicted octanol–water partition coefficient (Wildman–Crippen LogP) is 6.61. The number of nitrogens with zero attached hydrogens (tertiary/aromatic N) is 2. The van der Waals surface area contributed by atoms with Crippen LogP contribution in [-0.4, -0.2) is 27.5 Å². The van der Waals surface area contributed by atoms with Crippen molar-refractivity contribution in [1.29, 1.82) is 0 Å². The first kappa shape index (κ1) is 28.1. The zero-order chi connectivity index (χ0) is 29.0. The molecular formula is C29H20Cl3N3O4S2. The van der Waals surface area contributed by atoms with Crippen LogP contribution in [0.5, 0.6) is 0 Å². The topological polar surface area (TPSA) is 88.5 Å². The number of fused-ring (bicyclic) bond motifs is 2. The van der Waals surface area contributed by atoms with Gasteiger partial charge in [-0.3, -0.25) is 23.7 Å². The van der Waals surface area contributed by atoms with E-state index >= 15 is 0 Å². The minimum absolute atomic E-state index is 0.282. The zero-order valence-electron chi connectivity index (χ0n) is 21.3. The molecule has 0 radical (unpaired) electrons. The highest BCUT2D eigenvalue weighted by Crippen LogP contribution is 2.54. The Balaban J connectivity index is 1.40. The lowest BCUT2D eigenvalue weighted by molar-refractivity contribution is -0.122. The summed E-state index contributed by atoms with van der Waals surface area (Å²) in [4.78, 5) is 55.5. The molecule has 1 N–H and O–H groups in total. The van der Waals surface area contributed by atoms with Crippen LogP contribution < -0.4 is 15.1 Å². The second-order valence-electron chi connectivity index (χ2n) is 9.74. The van der Waals surface area contributed by atoms with Crippen molar-refractivity contribution in [2.24, 2.45) is 5.92 Å². The Morgan fingerprint density at radius 3 is 2.29 bits per heavy atom. The Morgan fingerprint density at radius 2 is 1.61 bits per heavy atom. The third kappa shape index (κ3) is 5.10. The van der Waals surface area contributed by atoms with Gasteiger partial charge in [-0.15, -0.1) is 0 Å². The van der Waals surface area contributed by atoms with Crippen molar-refractivity contribution in [2.75, 3.05) is 10.2 Å². The summed E-state index contributed by atoms with van der Waals surface area (Å²) in [5.74, 6) is -2.45. The molecule has 3 atom stereocenters. The summed E-state index contributed by atoms with van der Waals surface area (Å²) in [6, 6.07) is 18.9. The zero-order valence-corrected chi connectivity index (χ0v) is 25.2. The van der Waals surface area contributed by atoms with Gasteiger partial charge in [-0.25, -0.2) is 4.90 Å². The number of aryl methyl sites for hydroxylation is 1. The average molecular weight is 645 g/mol. The lowest BCUT2D eigenvalue weighted by atomic mass is 9.83. The number of hydrogen-bond donors (Lipinski definition) is 1. The lowest BCUT2D eigenvalue weighted by Crippen LogP contribution is -2.33. The second kappa shape index (κ2) is 11.0. The number of imide groups is 1. The largest absolute Gasteiger partial charge is 0.324 e. The molecule has 1 aromatic heterocycles. The normalized spacial score (nSPS) is 19.7. The number of thiazole rings is 1. The molecule has 1 fully saturated rings. The number of anilines is 2. The van der Waals surface area contributed by atoms with Crippen LogP contribution in [0.3, 0.4) is 0 Å². The van der Waals surface area contributed by atoms with Gasteiger partial charge in [0.2, 0.25) is 17.7 Å². The minimum atomic E-state index is -0.782.